The molecule has 0 saturated heterocycles. The van der Waals surface area contributed by atoms with Gasteiger partial charge in [-0.2, -0.15) is 0 Å². The van der Waals surface area contributed by atoms with Crippen LogP contribution < -0.4 is 0 Å². The summed E-state index contributed by atoms with van der Waals surface area (Å²) in [6.07, 6.45) is 11.8. The van der Waals surface area contributed by atoms with Crippen molar-refractivity contribution in [2.75, 3.05) is 0 Å². The zero-order chi connectivity index (χ0) is 26.0. The van der Waals surface area contributed by atoms with E-state index in [1.165, 1.54) is 44.9 Å². The van der Waals surface area contributed by atoms with Gasteiger partial charge in [0.25, 0.3) is 0 Å². The van der Waals surface area contributed by atoms with E-state index in [9.17, 15) is 5.11 Å². The Morgan fingerprint density at radius 3 is 2.50 bits per heavy atom. The Morgan fingerprint density at radius 1 is 0.964 bits per heavy atom. The average Bonchev–Trinajstić information content (AvgIpc) is 3.09. The smallest absolute Gasteiger partial charge is 0.0543 e. The Labute approximate surface area is 185 Å². The van der Waals surface area contributed by atoms with E-state index in [2.05, 4.69) is 20.8 Å². The largest absolute Gasteiger partial charge is 0.393 e. The fraction of sp³-hybridized carbons (Fsp3) is 1.00. The number of aliphatic hydroxyl groups excluding tert-OH is 1. The van der Waals surface area contributed by atoms with Crippen LogP contribution in [0.15, 0.2) is 0 Å². The minimum atomic E-state index is -2.81. The summed E-state index contributed by atoms with van der Waals surface area (Å²) in [4.78, 5) is 0. The molecule has 0 radical (unpaired) electrons. The van der Waals surface area contributed by atoms with Gasteiger partial charge in [0.2, 0.25) is 0 Å². The number of hydrogen-bond acceptors (Lipinski definition) is 1. The first kappa shape index (κ1) is 14.1. The molecule has 0 spiro atoms. The van der Waals surface area contributed by atoms with Crippen LogP contribution in [0.2, 0.25) is 0 Å². The normalized spacial score (nSPS) is 54.4. The lowest BCUT2D eigenvalue weighted by molar-refractivity contribution is -0.129. The molecule has 162 valence electrons. The van der Waals surface area contributed by atoms with Crippen molar-refractivity contribution in [3.8, 4) is 0 Å². The Bertz CT molecular complexity index is 750. The van der Waals surface area contributed by atoms with Gasteiger partial charge in [0.1, 0.15) is 0 Å². The molecule has 0 heterocycles. The van der Waals surface area contributed by atoms with E-state index < -0.39 is 19.6 Å². The summed E-state index contributed by atoms with van der Waals surface area (Å²) in [5, 5.41) is 10.3. The van der Waals surface area contributed by atoms with Crippen LogP contribution in [0.1, 0.15) is 121 Å². The Kier molecular flexibility index (Phi) is 3.98. The van der Waals surface area contributed by atoms with E-state index in [1.807, 2.05) is 0 Å². The lowest BCUT2D eigenvalue weighted by Crippen LogP contribution is -2.54. The van der Waals surface area contributed by atoms with Gasteiger partial charge in [-0.3, -0.25) is 0 Å². The predicted octanol–water partition coefficient (Wildman–Crippen LogP) is 7.47. The van der Waals surface area contributed by atoms with E-state index in [-0.39, 0.29) is 12.5 Å². The second-order valence-corrected chi connectivity index (χ2v) is 11.7. The maximum Gasteiger partial charge on any atom is 0.0543 e. The molecular formula is C27H48O. The standard InChI is InChI=1S/C27H48O/c1-18(2)7-6-8-19(3)23-11-12-24-22-10-9-20-17-21(28)13-15-26(20,4)25(22)14-16-27(23,24)5/h18-25,28H,6-17H2,1-5H3/t19-,20+,21+,22+,23-,24+,25+,26+,27-/m1/s1/i1D3,2D3,18D. The Balaban J connectivity index is 1.42. The monoisotopic (exact) mass is 395 g/mol. The second-order valence-electron chi connectivity index (χ2n) is 11.7. The highest BCUT2D eigenvalue weighted by Crippen LogP contribution is 2.68. The zero-order valence-electron chi connectivity index (χ0n) is 25.5. The minimum Gasteiger partial charge on any atom is -0.393 e. The molecule has 0 aromatic rings. The fourth-order valence-electron chi connectivity index (χ4n) is 9.01. The van der Waals surface area contributed by atoms with Gasteiger partial charge in [0, 0.05) is 9.60 Å². The third-order valence-electron chi connectivity index (χ3n) is 10.5. The van der Waals surface area contributed by atoms with E-state index >= 15 is 0 Å². The molecule has 0 aromatic carbocycles. The predicted molar refractivity (Wildman–Crippen MR) is 119 cm³/mol. The summed E-state index contributed by atoms with van der Waals surface area (Å²) in [6, 6.07) is 0. The van der Waals surface area contributed by atoms with Gasteiger partial charge in [-0.05, 0) is 110 Å². The summed E-state index contributed by atoms with van der Waals surface area (Å²) in [5.74, 6) is 1.61. The quantitative estimate of drug-likeness (QED) is 0.512. The first-order valence-electron chi connectivity index (χ1n) is 15.7. The molecule has 1 nitrogen and oxygen atoms in total. The third kappa shape index (κ3) is 3.50. The van der Waals surface area contributed by atoms with Gasteiger partial charge >= 0.3 is 0 Å². The zero-order valence-corrected chi connectivity index (χ0v) is 18.5. The molecule has 0 unspecified atom stereocenters. The SMILES string of the molecule is [2H]C([2H])([2H])C([2H])(CCC[C@@H](C)[C@H]1CC[C@H]2[C@@H]3CC[C@H]4C[C@@H](O)CC[C@]4(C)[C@H]3CC[C@]12C)C([2H])([2H])[2H]. The molecule has 1 N–H and O–H groups in total. The van der Waals surface area contributed by atoms with Gasteiger partial charge < -0.3 is 5.11 Å². The summed E-state index contributed by atoms with van der Waals surface area (Å²) in [7, 11) is 0. The lowest BCUT2D eigenvalue weighted by atomic mass is 9.44. The number of hydrogen-bond donors (Lipinski definition) is 1. The van der Waals surface area contributed by atoms with Crippen LogP contribution in [-0.4, -0.2) is 11.2 Å². The molecule has 4 aliphatic rings. The lowest BCUT2D eigenvalue weighted by Gasteiger charge is -2.61. The molecule has 0 amide bonds. The van der Waals surface area contributed by atoms with E-state index in [4.69, 9.17) is 9.60 Å². The van der Waals surface area contributed by atoms with Crippen LogP contribution in [0, 0.1) is 52.2 Å². The van der Waals surface area contributed by atoms with Crippen molar-refractivity contribution in [3.05, 3.63) is 0 Å². The van der Waals surface area contributed by atoms with E-state index in [0.717, 1.165) is 37.0 Å². The van der Waals surface area contributed by atoms with Crippen LogP contribution in [-0.2, 0) is 0 Å². The van der Waals surface area contributed by atoms with Gasteiger partial charge in [-0.1, -0.05) is 53.7 Å². The first-order valence-corrected chi connectivity index (χ1v) is 12.2. The molecule has 4 aliphatic carbocycles. The van der Waals surface area contributed by atoms with Gasteiger partial charge in [0.15, 0.2) is 0 Å². The van der Waals surface area contributed by atoms with Crippen molar-refractivity contribution in [1.29, 1.82) is 0 Å². The molecule has 4 rings (SSSR count). The molecule has 28 heavy (non-hydrogen) atoms. The summed E-state index contributed by atoms with van der Waals surface area (Å²) in [6.45, 7) is 1.70. The minimum absolute atomic E-state index is 0.103. The van der Waals surface area contributed by atoms with Crippen LogP contribution in [0.5, 0.6) is 0 Å². The highest BCUT2D eigenvalue weighted by Gasteiger charge is 2.60. The van der Waals surface area contributed by atoms with E-state index in [0.29, 0.717) is 35.0 Å². The molecule has 0 aromatic heterocycles. The van der Waals surface area contributed by atoms with Gasteiger partial charge in [0.05, 0.1) is 6.10 Å². The van der Waals surface area contributed by atoms with Crippen molar-refractivity contribution < 1.29 is 14.7 Å². The van der Waals surface area contributed by atoms with Gasteiger partial charge in [-0.25, -0.2) is 0 Å². The van der Waals surface area contributed by atoms with Crippen molar-refractivity contribution in [2.45, 2.75) is 118 Å². The number of aliphatic hydroxyl groups is 1. The van der Waals surface area contributed by atoms with E-state index in [1.54, 1.807) is 0 Å². The molecule has 4 fully saturated rings. The third-order valence-corrected chi connectivity index (χ3v) is 10.5. The van der Waals surface area contributed by atoms with Crippen molar-refractivity contribution in [3.63, 3.8) is 0 Å². The number of rotatable bonds is 5. The molecule has 1 heteroatoms. The maximum absolute atomic E-state index is 10.3. The second kappa shape index (κ2) is 7.90. The topological polar surface area (TPSA) is 20.2 Å². The molecule has 0 aliphatic heterocycles. The van der Waals surface area contributed by atoms with Crippen molar-refractivity contribution in [1.82, 2.24) is 0 Å². The van der Waals surface area contributed by atoms with Crippen LogP contribution in [0.3, 0.4) is 0 Å². The number of fused-ring (bicyclic) bond motifs is 5. The Hall–Kier alpha value is -0.0400. The summed E-state index contributed by atoms with van der Waals surface area (Å²) < 4.78 is 54.5. The summed E-state index contributed by atoms with van der Waals surface area (Å²) in [5.41, 5.74) is 0.694. The molecule has 4 saturated carbocycles. The van der Waals surface area contributed by atoms with Crippen LogP contribution in [0.4, 0.5) is 0 Å². The molecular weight excluding hydrogens is 340 g/mol. The fourth-order valence-corrected chi connectivity index (χ4v) is 9.01. The van der Waals surface area contributed by atoms with Crippen molar-refractivity contribution >= 4 is 0 Å². The molecule has 0 bridgehead atoms. The summed E-state index contributed by atoms with van der Waals surface area (Å²) >= 11 is 0. The molecule has 9 atom stereocenters. The van der Waals surface area contributed by atoms with Gasteiger partial charge in [-0.15, -0.1) is 0 Å². The highest BCUT2D eigenvalue weighted by atomic mass is 16.3. The maximum atomic E-state index is 10.3. The van der Waals surface area contributed by atoms with Crippen LogP contribution >= 0.6 is 0 Å². The highest BCUT2D eigenvalue weighted by molar-refractivity contribution is 5.09. The first-order chi connectivity index (χ1) is 16.0. The average molecular weight is 396 g/mol. The van der Waals surface area contributed by atoms with Crippen LogP contribution in [0.25, 0.3) is 0 Å². The van der Waals surface area contributed by atoms with Crippen molar-refractivity contribution in [2.24, 2.45) is 52.2 Å². The Morgan fingerprint density at radius 2 is 1.71 bits per heavy atom.